The number of nitriles is 1. The molecule has 1 aliphatic heterocycles. The SMILES string of the molecule is Cc1cccc(N2CCN(/C=C(/C#N)C(=O)Nc3ccc(S(N)(=O)=O)cc3)CC2)c1. The van der Waals surface area contributed by atoms with Crippen molar-refractivity contribution in [3.63, 3.8) is 0 Å². The van der Waals surface area contributed by atoms with Gasteiger partial charge in [-0.1, -0.05) is 12.1 Å². The Bertz CT molecular complexity index is 1100. The molecule has 0 atom stereocenters. The molecule has 1 amide bonds. The molecule has 1 heterocycles. The second kappa shape index (κ2) is 8.98. The van der Waals surface area contributed by atoms with E-state index in [-0.39, 0.29) is 10.5 Å². The van der Waals surface area contributed by atoms with Crippen molar-refractivity contribution in [2.75, 3.05) is 36.4 Å². The summed E-state index contributed by atoms with van der Waals surface area (Å²) in [4.78, 5) is 16.6. The van der Waals surface area contributed by atoms with Crippen LogP contribution in [-0.2, 0) is 14.8 Å². The number of hydrogen-bond acceptors (Lipinski definition) is 6. The number of anilines is 2. The minimum Gasteiger partial charge on any atom is -0.373 e. The van der Waals surface area contributed by atoms with Gasteiger partial charge in [-0.3, -0.25) is 4.79 Å². The molecule has 156 valence electrons. The fourth-order valence-electron chi connectivity index (χ4n) is 3.18. The van der Waals surface area contributed by atoms with Gasteiger partial charge in [0.15, 0.2) is 0 Å². The lowest BCUT2D eigenvalue weighted by atomic mass is 10.2. The third-order valence-corrected chi connectivity index (χ3v) is 5.73. The number of nitrogens with zero attached hydrogens (tertiary/aromatic N) is 3. The molecule has 9 heteroatoms. The quantitative estimate of drug-likeness (QED) is 0.557. The van der Waals surface area contributed by atoms with E-state index in [0.717, 1.165) is 13.1 Å². The van der Waals surface area contributed by atoms with Crippen molar-refractivity contribution < 1.29 is 13.2 Å². The molecule has 0 saturated carbocycles. The number of piperazine rings is 1. The first kappa shape index (κ1) is 21.4. The molecule has 30 heavy (non-hydrogen) atoms. The summed E-state index contributed by atoms with van der Waals surface area (Å²) in [6.07, 6.45) is 1.57. The van der Waals surface area contributed by atoms with Crippen molar-refractivity contribution in [3.05, 3.63) is 65.9 Å². The zero-order valence-corrected chi connectivity index (χ0v) is 17.4. The van der Waals surface area contributed by atoms with Gasteiger partial charge >= 0.3 is 0 Å². The van der Waals surface area contributed by atoms with E-state index in [4.69, 9.17) is 5.14 Å². The molecule has 0 aliphatic carbocycles. The Balaban J connectivity index is 1.61. The van der Waals surface area contributed by atoms with E-state index < -0.39 is 15.9 Å². The minimum atomic E-state index is -3.80. The topological polar surface area (TPSA) is 120 Å². The molecule has 3 N–H and O–H groups in total. The fraction of sp³-hybridized carbons (Fsp3) is 0.238. The molecule has 3 rings (SSSR count). The number of hydrogen-bond donors (Lipinski definition) is 2. The van der Waals surface area contributed by atoms with E-state index >= 15 is 0 Å². The summed E-state index contributed by atoms with van der Waals surface area (Å²) in [6.45, 7) is 5.01. The van der Waals surface area contributed by atoms with Crippen LogP contribution in [0.2, 0.25) is 0 Å². The predicted molar refractivity (Wildman–Crippen MR) is 115 cm³/mol. The van der Waals surface area contributed by atoms with Crippen LogP contribution in [0.3, 0.4) is 0 Å². The average Bonchev–Trinajstić information content (AvgIpc) is 2.72. The number of aryl methyl sites for hydroxylation is 1. The molecule has 1 saturated heterocycles. The number of carbonyl (C=O) groups is 1. The first-order valence-corrected chi connectivity index (χ1v) is 10.9. The van der Waals surface area contributed by atoms with E-state index in [9.17, 15) is 18.5 Å². The molecule has 0 aromatic heterocycles. The second-order valence-corrected chi connectivity index (χ2v) is 8.60. The summed E-state index contributed by atoms with van der Waals surface area (Å²) in [7, 11) is -3.80. The van der Waals surface area contributed by atoms with Crippen LogP contribution in [0.4, 0.5) is 11.4 Å². The number of nitrogens with one attached hydrogen (secondary N) is 1. The molecule has 0 unspecified atom stereocenters. The van der Waals surface area contributed by atoms with Crippen molar-refractivity contribution >= 4 is 27.3 Å². The summed E-state index contributed by atoms with van der Waals surface area (Å²) < 4.78 is 22.6. The highest BCUT2D eigenvalue weighted by atomic mass is 32.2. The van der Waals surface area contributed by atoms with Gasteiger partial charge < -0.3 is 15.1 Å². The highest BCUT2D eigenvalue weighted by molar-refractivity contribution is 7.89. The van der Waals surface area contributed by atoms with Crippen LogP contribution in [0.5, 0.6) is 0 Å². The monoisotopic (exact) mass is 425 g/mol. The maximum Gasteiger partial charge on any atom is 0.267 e. The first-order valence-electron chi connectivity index (χ1n) is 9.38. The molecule has 0 spiro atoms. The van der Waals surface area contributed by atoms with E-state index in [2.05, 4.69) is 35.3 Å². The van der Waals surface area contributed by atoms with Crippen molar-refractivity contribution in [2.24, 2.45) is 5.14 Å². The van der Waals surface area contributed by atoms with Crippen LogP contribution >= 0.6 is 0 Å². The number of amides is 1. The lowest BCUT2D eigenvalue weighted by molar-refractivity contribution is -0.112. The maximum absolute atomic E-state index is 12.4. The standard InChI is InChI=1S/C21H23N5O3S/c1-16-3-2-4-19(13-16)26-11-9-25(10-12-26)15-17(14-22)21(27)24-18-5-7-20(8-6-18)30(23,28)29/h2-8,13,15H,9-12H2,1H3,(H,24,27)(H2,23,28,29)/b17-15-. The van der Waals surface area contributed by atoms with Gasteiger partial charge in [0.1, 0.15) is 11.6 Å². The van der Waals surface area contributed by atoms with Crippen LogP contribution in [0.15, 0.2) is 65.2 Å². The number of nitrogens with two attached hydrogens (primary N) is 1. The van der Waals surface area contributed by atoms with Crippen molar-refractivity contribution in [1.82, 2.24) is 4.90 Å². The number of sulfonamides is 1. The first-order chi connectivity index (χ1) is 14.3. The van der Waals surface area contributed by atoms with Crippen molar-refractivity contribution in [2.45, 2.75) is 11.8 Å². The smallest absolute Gasteiger partial charge is 0.267 e. The van der Waals surface area contributed by atoms with Gasteiger partial charge in [0.05, 0.1) is 4.90 Å². The van der Waals surface area contributed by atoms with E-state index in [0.29, 0.717) is 18.8 Å². The van der Waals surface area contributed by atoms with Crippen LogP contribution < -0.4 is 15.4 Å². The fourth-order valence-corrected chi connectivity index (χ4v) is 3.70. The summed E-state index contributed by atoms with van der Waals surface area (Å²) >= 11 is 0. The Kier molecular flexibility index (Phi) is 6.40. The zero-order valence-electron chi connectivity index (χ0n) is 16.6. The average molecular weight is 426 g/mol. The van der Waals surface area contributed by atoms with Crippen LogP contribution in [-0.4, -0.2) is 45.4 Å². The Hall–Kier alpha value is -3.35. The highest BCUT2D eigenvalue weighted by Crippen LogP contribution is 2.18. The molecule has 1 fully saturated rings. The third-order valence-electron chi connectivity index (χ3n) is 4.80. The Labute approximate surface area is 176 Å². The summed E-state index contributed by atoms with van der Waals surface area (Å²) in [5.41, 5.74) is 2.72. The van der Waals surface area contributed by atoms with Crippen LogP contribution in [0.1, 0.15) is 5.56 Å². The third kappa shape index (κ3) is 5.37. The van der Waals surface area contributed by atoms with Gasteiger partial charge in [0, 0.05) is 43.8 Å². The molecule has 1 aliphatic rings. The number of benzene rings is 2. The minimum absolute atomic E-state index is 0.0190. The van der Waals surface area contributed by atoms with E-state index in [1.165, 1.54) is 35.5 Å². The van der Waals surface area contributed by atoms with Gasteiger partial charge in [0.25, 0.3) is 5.91 Å². The molecular formula is C21H23N5O3S. The lowest BCUT2D eigenvalue weighted by Gasteiger charge is -2.35. The maximum atomic E-state index is 12.4. The van der Waals surface area contributed by atoms with Crippen LogP contribution in [0.25, 0.3) is 0 Å². The van der Waals surface area contributed by atoms with Gasteiger partial charge in [-0.15, -0.1) is 0 Å². The predicted octanol–water partition coefficient (Wildman–Crippen LogP) is 1.81. The van der Waals surface area contributed by atoms with Gasteiger partial charge in [-0.05, 0) is 48.9 Å². The van der Waals surface area contributed by atoms with E-state index in [1.807, 2.05) is 17.0 Å². The lowest BCUT2D eigenvalue weighted by Crippen LogP contribution is -2.44. The number of rotatable bonds is 5. The molecule has 2 aromatic carbocycles. The second-order valence-electron chi connectivity index (χ2n) is 7.04. The summed E-state index contributed by atoms with van der Waals surface area (Å²) in [5.74, 6) is -0.554. The molecule has 8 nitrogen and oxygen atoms in total. The largest absolute Gasteiger partial charge is 0.373 e. The summed E-state index contributed by atoms with van der Waals surface area (Å²) in [6, 6.07) is 15.7. The Morgan fingerprint density at radius 3 is 2.37 bits per heavy atom. The molecule has 0 bridgehead atoms. The number of carbonyl (C=O) groups excluding carboxylic acids is 1. The normalized spacial score (nSPS) is 14.9. The van der Waals surface area contributed by atoms with Gasteiger partial charge in [-0.25, -0.2) is 13.6 Å². The molecule has 2 aromatic rings. The molecule has 0 radical (unpaired) electrons. The summed E-state index contributed by atoms with van der Waals surface area (Å²) in [5, 5.41) is 17.1. The van der Waals surface area contributed by atoms with Gasteiger partial charge in [0.2, 0.25) is 10.0 Å². The Morgan fingerprint density at radius 1 is 1.13 bits per heavy atom. The number of primary sulfonamides is 1. The van der Waals surface area contributed by atoms with Crippen molar-refractivity contribution in [3.8, 4) is 6.07 Å². The van der Waals surface area contributed by atoms with E-state index in [1.54, 1.807) is 6.20 Å². The molecular weight excluding hydrogens is 402 g/mol. The Morgan fingerprint density at radius 2 is 1.80 bits per heavy atom. The van der Waals surface area contributed by atoms with Gasteiger partial charge in [-0.2, -0.15) is 5.26 Å². The highest BCUT2D eigenvalue weighted by Gasteiger charge is 2.18. The van der Waals surface area contributed by atoms with Crippen molar-refractivity contribution in [1.29, 1.82) is 5.26 Å². The van der Waals surface area contributed by atoms with Crippen LogP contribution in [0, 0.1) is 18.3 Å². The zero-order chi connectivity index (χ0) is 21.7.